The Labute approximate surface area is 123 Å². The normalized spacial score (nSPS) is 26.0. The van der Waals surface area contributed by atoms with Gasteiger partial charge in [0.2, 0.25) is 23.6 Å². The summed E-state index contributed by atoms with van der Waals surface area (Å²) in [5, 5.41) is 2.80. The number of aliphatic imine (C=N–C) groups is 2. The molecule has 1 fully saturated rings. The minimum Gasteiger partial charge on any atom is -0.369 e. The van der Waals surface area contributed by atoms with Crippen LogP contribution in [0.2, 0.25) is 0 Å². The zero-order chi connectivity index (χ0) is 15.5. The van der Waals surface area contributed by atoms with Crippen molar-refractivity contribution in [2.24, 2.45) is 21.5 Å². The van der Waals surface area contributed by atoms with Gasteiger partial charge >= 0.3 is 0 Å². The molecule has 0 radical (unpaired) electrons. The van der Waals surface area contributed by atoms with Crippen LogP contribution in [0.3, 0.4) is 0 Å². The third-order valence-corrected chi connectivity index (χ3v) is 3.30. The Kier molecular flexibility index (Phi) is 4.25. The molecule has 0 aromatic rings. The number of guanidine groups is 2. The maximum atomic E-state index is 12.0. The van der Waals surface area contributed by atoms with Gasteiger partial charge in [0.25, 0.3) is 0 Å². The van der Waals surface area contributed by atoms with Gasteiger partial charge in [-0.15, -0.1) is 0 Å². The summed E-state index contributed by atoms with van der Waals surface area (Å²) in [5.41, 5.74) is 11.3. The predicted octanol–water partition coefficient (Wildman–Crippen LogP) is -0.232. The highest BCUT2D eigenvalue weighted by Crippen LogP contribution is 2.26. The van der Waals surface area contributed by atoms with Crippen LogP contribution < -0.4 is 16.8 Å². The Balaban J connectivity index is 2.35. The summed E-state index contributed by atoms with van der Waals surface area (Å²) < 4.78 is 0. The standard InChI is InChI=1S/C13H20N6O2/c1-2-3-4-5-8-13(17-11(14)16-12(15)18-13)19-9(20)6-7-10(19)21/h5,8H,2-4,6-7H2,1H3,(H5,14,15,16,17,18). The monoisotopic (exact) mass is 292 g/mol. The summed E-state index contributed by atoms with van der Waals surface area (Å²) in [6, 6.07) is 0. The van der Waals surface area contributed by atoms with Gasteiger partial charge in [-0.25, -0.2) is 4.90 Å². The lowest BCUT2D eigenvalue weighted by Gasteiger charge is -2.37. The average Bonchev–Trinajstić information content (AvgIpc) is 2.74. The number of nitrogens with one attached hydrogen (secondary N) is 1. The molecule has 114 valence electrons. The minimum absolute atomic E-state index is 0.0233. The van der Waals surface area contributed by atoms with E-state index in [-0.39, 0.29) is 36.6 Å². The Morgan fingerprint density at radius 3 is 2.57 bits per heavy atom. The molecule has 8 nitrogen and oxygen atoms in total. The van der Waals surface area contributed by atoms with Crippen molar-refractivity contribution in [1.82, 2.24) is 10.2 Å². The number of allylic oxidation sites excluding steroid dienone is 1. The molecule has 21 heavy (non-hydrogen) atoms. The molecular weight excluding hydrogens is 272 g/mol. The van der Waals surface area contributed by atoms with Crippen LogP contribution in [0.25, 0.3) is 0 Å². The number of imide groups is 1. The Bertz CT molecular complexity index is 523. The second-order valence-electron chi connectivity index (χ2n) is 4.99. The molecule has 1 unspecified atom stereocenters. The molecule has 2 aliphatic rings. The third-order valence-electron chi connectivity index (χ3n) is 3.30. The number of amides is 2. The summed E-state index contributed by atoms with van der Waals surface area (Å²) in [6.07, 6.45) is 6.69. The van der Waals surface area contributed by atoms with Crippen LogP contribution in [-0.2, 0) is 9.59 Å². The van der Waals surface area contributed by atoms with E-state index in [4.69, 9.17) is 11.5 Å². The van der Waals surface area contributed by atoms with Crippen LogP contribution in [0.15, 0.2) is 22.1 Å². The van der Waals surface area contributed by atoms with Gasteiger partial charge in [0.15, 0.2) is 5.96 Å². The number of nitrogens with zero attached hydrogens (tertiary/aromatic N) is 3. The number of rotatable bonds is 5. The van der Waals surface area contributed by atoms with Crippen molar-refractivity contribution < 1.29 is 9.59 Å². The molecule has 2 rings (SSSR count). The van der Waals surface area contributed by atoms with Gasteiger partial charge in [-0.1, -0.05) is 25.8 Å². The number of likely N-dealkylation sites (tertiary alicyclic amines) is 1. The molecule has 8 heteroatoms. The van der Waals surface area contributed by atoms with Crippen LogP contribution >= 0.6 is 0 Å². The van der Waals surface area contributed by atoms with E-state index in [9.17, 15) is 9.59 Å². The Morgan fingerprint density at radius 1 is 1.33 bits per heavy atom. The van der Waals surface area contributed by atoms with Gasteiger partial charge in [-0.2, -0.15) is 9.98 Å². The fourth-order valence-electron chi connectivity index (χ4n) is 2.35. The number of unbranched alkanes of at least 4 members (excludes halogenated alkanes) is 2. The minimum atomic E-state index is -1.39. The first-order valence-corrected chi connectivity index (χ1v) is 7.00. The van der Waals surface area contributed by atoms with E-state index in [0.29, 0.717) is 0 Å². The number of hydrogen-bond donors (Lipinski definition) is 3. The van der Waals surface area contributed by atoms with Crippen LogP contribution in [0.5, 0.6) is 0 Å². The number of carbonyl (C=O) groups is 2. The quantitative estimate of drug-likeness (QED) is 0.366. The molecule has 2 amide bonds. The number of nitrogens with two attached hydrogens (primary N) is 2. The summed E-state index contributed by atoms with van der Waals surface area (Å²) in [5.74, 6) is -2.05. The first-order chi connectivity index (χ1) is 9.98. The number of hydrogen-bond acceptors (Lipinski definition) is 7. The first-order valence-electron chi connectivity index (χ1n) is 7.00. The molecule has 0 saturated carbocycles. The zero-order valence-electron chi connectivity index (χ0n) is 12.0. The lowest BCUT2D eigenvalue weighted by molar-refractivity contribution is -0.144. The van der Waals surface area contributed by atoms with E-state index in [1.807, 2.05) is 6.08 Å². The van der Waals surface area contributed by atoms with E-state index in [2.05, 4.69) is 22.2 Å². The van der Waals surface area contributed by atoms with Gasteiger partial charge in [0.1, 0.15) is 0 Å². The van der Waals surface area contributed by atoms with E-state index < -0.39 is 5.79 Å². The third kappa shape index (κ3) is 3.04. The fraction of sp³-hybridized carbons (Fsp3) is 0.538. The van der Waals surface area contributed by atoms with Crippen molar-refractivity contribution in [2.45, 2.75) is 44.8 Å². The Hall–Kier alpha value is -2.38. The predicted molar refractivity (Wildman–Crippen MR) is 78.9 cm³/mol. The SMILES string of the molecule is CCCCC=CC1(N2C(=O)CCC2=O)N=C(N)N=C(N)N1. The molecule has 0 aliphatic carbocycles. The van der Waals surface area contributed by atoms with Gasteiger partial charge < -0.3 is 16.8 Å². The average molecular weight is 292 g/mol. The van der Waals surface area contributed by atoms with E-state index in [1.165, 1.54) is 0 Å². The van der Waals surface area contributed by atoms with Crippen LogP contribution in [0, 0.1) is 0 Å². The lowest BCUT2D eigenvalue weighted by Crippen LogP contribution is -2.64. The first kappa shape index (κ1) is 15.0. The highest BCUT2D eigenvalue weighted by molar-refractivity contribution is 6.05. The maximum absolute atomic E-state index is 12.0. The van der Waals surface area contributed by atoms with E-state index in [0.717, 1.165) is 24.2 Å². The largest absolute Gasteiger partial charge is 0.369 e. The molecule has 2 heterocycles. The summed E-state index contributed by atoms with van der Waals surface area (Å²) >= 11 is 0. The topological polar surface area (TPSA) is 126 Å². The molecule has 2 aliphatic heterocycles. The van der Waals surface area contributed by atoms with Gasteiger partial charge in [0.05, 0.1) is 0 Å². The van der Waals surface area contributed by atoms with Crippen molar-refractivity contribution in [3.8, 4) is 0 Å². The lowest BCUT2D eigenvalue weighted by atomic mass is 10.2. The molecule has 5 N–H and O–H groups in total. The zero-order valence-corrected chi connectivity index (χ0v) is 12.0. The molecule has 0 aromatic carbocycles. The summed E-state index contributed by atoms with van der Waals surface area (Å²) in [6.45, 7) is 2.08. The smallest absolute Gasteiger partial charge is 0.242 e. The van der Waals surface area contributed by atoms with E-state index in [1.54, 1.807) is 6.08 Å². The van der Waals surface area contributed by atoms with Crippen molar-refractivity contribution in [2.75, 3.05) is 0 Å². The highest BCUT2D eigenvalue weighted by Gasteiger charge is 2.46. The summed E-state index contributed by atoms with van der Waals surface area (Å²) in [4.78, 5) is 33.1. The molecule has 0 spiro atoms. The number of carbonyl (C=O) groups excluding carboxylic acids is 2. The van der Waals surface area contributed by atoms with Crippen molar-refractivity contribution in [3.63, 3.8) is 0 Å². The molecular formula is C13H20N6O2. The second-order valence-corrected chi connectivity index (χ2v) is 4.99. The fourth-order valence-corrected chi connectivity index (χ4v) is 2.35. The van der Waals surface area contributed by atoms with Crippen LogP contribution in [-0.4, -0.2) is 34.4 Å². The molecule has 1 atom stereocenters. The summed E-state index contributed by atoms with van der Waals surface area (Å²) in [7, 11) is 0. The molecule has 0 aromatic heterocycles. The van der Waals surface area contributed by atoms with Crippen molar-refractivity contribution in [1.29, 1.82) is 0 Å². The molecule has 0 bridgehead atoms. The van der Waals surface area contributed by atoms with Crippen molar-refractivity contribution in [3.05, 3.63) is 12.2 Å². The Morgan fingerprint density at radius 2 is 2.00 bits per heavy atom. The maximum Gasteiger partial charge on any atom is 0.242 e. The van der Waals surface area contributed by atoms with E-state index >= 15 is 0 Å². The molecule has 1 saturated heterocycles. The van der Waals surface area contributed by atoms with Gasteiger partial charge in [-0.3, -0.25) is 9.59 Å². The van der Waals surface area contributed by atoms with Crippen LogP contribution in [0.4, 0.5) is 0 Å². The van der Waals surface area contributed by atoms with Gasteiger partial charge in [-0.05, 0) is 12.5 Å². The second kappa shape index (κ2) is 5.94. The van der Waals surface area contributed by atoms with Crippen LogP contribution in [0.1, 0.15) is 39.0 Å². The highest BCUT2D eigenvalue weighted by atomic mass is 16.2. The van der Waals surface area contributed by atoms with Crippen molar-refractivity contribution >= 4 is 23.7 Å². The van der Waals surface area contributed by atoms with Gasteiger partial charge in [0, 0.05) is 12.8 Å².